The molecule has 1 aromatic heterocycles. The number of nitrogens with zero attached hydrogens (tertiary/aromatic N) is 1. The third-order valence-corrected chi connectivity index (χ3v) is 4.69. The molecule has 0 radical (unpaired) electrons. The number of halogens is 2. The van der Waals surface area contributed by atoms with Crippen LogP contribution in [0.3, 0.4) is 0 Å². The topological polar surface area (TPSA) is 52.9 Å². The predicted octanol–water partition coefficient (Wildman–Crippen LogP) is 4.82. The van der Waals surface area contributed by atoms with E-state index in [0.717, 1.165) is 13.8 Å². The van der Waals surface area contributed by atoms with Crippen LogP contribution in [0.1, 0.15) is 4.88 Å². The van der Waals surface area contributed by atoms with E-state index >= 15 is 0 Å². The number of nitrogens with one attached hydrogen (secondary N) is 1. The molecule has 0 spiro atoms. The van der Waals surface area contributed by atoms with Gasteiger partial charge in [-0.05, 0) is 56.1 Å². The van der Waals surface area contributed by atoms with Crippen molar-refractivity contribution in [2.45, 2.75) is 0 Å². The van der Waals surface area contributed by atoms with Crippen molar-refractivity contribution in [1.82, 2.24) is 0 Å². The predicted molar refractivity (Wildman–Crippen MR) is 88.4 cm³/mol. The number of thiophene rings is 1. The molecule has 1 amide bonds. The van der Waals surface area contributed by atoms with Crippen molar-refractivity contribution in [2.24, 2.45) is 0 Å². The average molecular weight is 412 g/mol. The Morgan fingerprint density at radius 3 is 2.70 bits per heavy atom. The quantitative estimate of drug-likeness (QED) is 0.581. The lowest BCUT2D eigenvalue weighted by molar-refractivity contribution is -0.112. The second-order valence-corrected chi connectivity index (χ2v) is 6.48. The van der Waals surface area contributed by atoms with Gasteiger partial charge in [-0.3, -0.25) is 4.79 Å². The van der Waals surface area contributed by atoms with Gasteiger partial charge in [0.1, 0.15) is 11.6 Å². The zero-order valence-electron chi connectivity index (χ0n) is 10.1. The molecule has 20 heavy (non-hydrogen) atoms. The van der Waals surface area contributed by atoms with Gasteiger partial charge in [0.25, 0.3) is 5.91 Å². The fraction of sp³-hybridized carbons (Fsp3) is 0. The van der Waals surface area contributed by atoms with Gasteiger partial charge in [0, 0.05) is 19.2 Å². The van der Waals surface area contributed by atoms with Gasteiger partial charge >= 0.3 is 0 Å². The first kappa shape index (κ1) is 15.0. The summed E-state index contributed by atoms with van der Waals surface area (Å²) in [5.41, 5.74) is 0.695. The molecule has 1 aromatic carbocycles. The molecule has 2 rings (SSSR count). The first-order valence-corrected chi connectivity index (χ1v) is 7.98. The van der Waals surface area contributed by atoms with Crippen molar-refractivity contribution < 1.29 is 4.79 Å². The largest absolute Gasteiger partial charge is 0.320 e. The molecule has 6 heteroatoms. The number of amides is 1. The molecular formula is C14H8Br2N2OS. The van der Waals surface area contributed by atoms with E-state index < -0.39 is 5.91 Å². The number of carbonyl (C=O) groups excluding carboxylic acids is 1. The van der Waals surface area contributed by atoms with Crippen LogP contribution in [-0.2, 0) is 4.79 Å². The van der Waals surface area contributed by atoms with Gasteiger partial charge in [-0.2, -0.15) is 5.26 Å². The Labute approximate surface area is 137 Å². The summed E-state index contributed by atoms with van der Waals surface area (Å²) >= 11 is 8.14. The smallest absolute Gasteiger partial charge is 0.266 e. The first-order chi connectivity index (χ1) is 9.60. The fourth-order valence-corrected chi connectivity index (χ4v) is 3.21. The van der Waals surface area contributed by atoms with Crippen molar-refractivity contribution in [2.75, 3.05) is 5.32 Å². The number of nitriles is 1. The fourth-order valence-electron chi connectivity index (χ4n) is 1.45. The van der Waals surface area contributed by atoms with Crippen molar-refractivity contribution in [3.63, 3.8) is 0 Å². The average Bonchev–Trinajstić information content (AvgIpc) is 2.84. The Morgan fingerprint density at radius 2 is 2.10 bits per heavy atom. The number of carbonyl (C=O) groups is 1. The van der Waals surface area contributed by atoms with Crippen molar-refractivity contribution in [3.8, 4) is 6.07 Å². The monoisotopic (exact) mass is 410 g/mol. The van der Waals surface area contributed by atoms with E-state index in [1.54, 1.807) is 12.1 Å². The highest BCUT2D eigenvalue weighted by atomic mass is 79.9. The molecular weight excluding hydrogens is 404 g/mol. The number of hydrogen-bond donors (Lipinski definition) is 1. The summed E-state index contributed by atoms with van der Waals surface area (Å²) in [7, 11) is 0. The minimum Gasteiger partial charge on any atom is -0.320 e. The molecule has 0 saturated carbocycles. The Balaban J connectivity index is 2.21. The third-order valence-electron chi connectivity index (χ3n) is 2.36. The lowest BCUT2D eigenvalue weighted by Crippen LogP contribution is -2.13. The maximum absolute atomic E-state index is 12.1. The molecule has 1 heterocycles. The Morgan fingerprint density at radius 1 is 1.35 bits per heavy atom. The molecule has 0 aliphatic carbocycles. The van der Waals surface area contributed by atoms with E-state index in [-0.39, 0.29) is 5.57 Å². The first-order valence-electron chi connectivity index (χ1n) is 5.52. The van der Waals surface area contributed by atoms with Crippen LogP contribution in [0.15, 0.2) is 50.2 Å². The van der Waals surface area contributed by atoms with Gasteiger partial charge in [-0.1, -0.05) is 12.1 Å². The summed E-state index contributed by atoms with van der Waals surface area (Å²) in [5, 5.41) is 13.7. The van der Waals surface area contributed by atoms with Gasteiger partial charge in [-0.25, -0.2) is 0 Å². The minimum absolute atomic E-state index is 0.0649. The Bertz CT molecular complexity index is 716. The Hall–Kier alpha value is -1.42. The standard InChI is InChI=1S/C14H8Br2N2OS/c15-10-6-11(20-8-10)5-9(7-17)14(19)18-13-4-2-1-3-12(13)16/h1-6,8H,(H,18,19)/b9-5+. The van der Waals surface area contributed by atoms with E-state index in [1.807, 2.05) is 35.7 Å². The van der Waals surface area contributed by atoms with Gasteiger partial charge < -0.3 is 5.32 Å². The van der Waals surface area contributed by atoms with Crippen LogP contribution < -0.4 is 5.32 Å². The molecule has 0 unspecified atom stereocenters. The minimum atomic E-state index is -0.427. The molecule has 0 bridgehead atoms. The van der Waals surface area contributed by atoms with Crippen LogP contribution >= 0.6 is 43.2 Å². The van der Waals surface area contributed by atoms with Crippen LogP contribution in [0, 0.1) is 11.3 Å². The number of benzene rings is 1. The van der Waals surface area contributed by atoms with Crippen LogP contribution in [0.25, 0.3) is 6.08 Å². The number of rotatable bonds is 3. The van der Waals surface area contributed by atoms with E-state index in [2.05, 4.69) is 37.2 Å². The van der Waals surface area contributed by atoms with E-state index in [4.69, 9.17) is 5.26 Å². The summed E-state index contributed by atoms with van der Waals surface area (Å²) in [6, 6.07) is 11.0. The summed E-state index contributed by atoms with van der Waals surface area (Å²) in [6.07, 6.45) is 1.57. The molecule has 0 fully saturated rings. The summed E-state index contributed by atoms with van der Waals surface area (Å²) in [6.45, 7) is 0. The molecule has 0 saturated heterocycles. The molecule has 0 atom stereocenters. The van der Waals surface area contributed by atoms with Crippen LogP contribution in [0.2, 0.25) is 0 Å². The van der Waals surface area contributed by atoms with E-state index in [0.29, 0.717) is 5.69 Å². The number of para-hydroxylation sites is 1. The van der Waals surface area contributed by atoms with Crippen molar-refractivity contribution in [3.05, 3.63) is 55.1 Å². The summed E-state index contributed by atoms with van der Waals surface area (Å²) in [4.78, 5) is 12.9. The molecule has 0 aliphatic heterocycles. The van der Waals surface area contributed by atoms with E-state index in [9.17, 15) is 4.79 Å². The lowest BCUT2D eigenvalue weighted by atomic mass is 10.2. The number of anilines is 1. The second kappa shape index (κ2) is 6.84. The van der Waals surface area contributed by atoms with Crippen LogP contribution in [0.5, 0.6) is 0 Å². The molecule has 1 N–H and O–H groups in total. The molecule has 2 aromatic rings. The third kappa shape index (κ3) is 3.79. The van der Waals surface area contributed by atoms with Gasteiger partial charge in [0.05, 0.1) is 5.69 Å². The molecule has 0 aliphatic rings. The normalized spacial score (nSPS) is 10.9. The zero-order valence-corrected chi connectivity index (χ0v) is 14.0. The maximum Gasteiger partial charge on any atom is 0.266 e. The SMILES string of the molecule is N#C/C(=C\c1cc(Br)cs1)C(=O)Nc1ccccc1Br. The maximum atomic E-state index is 12.1. The van der Waals surface area contributed by atoms with E-state index in [1.165, 1.54) is 11.3 Å². The summed E-state index contributed by atoms with van der Waals surface area (Å²) < 4.78 is 1.70. The molecule has 100 valence electrons. The second-order valence-electron chi connectivity index (χ2n) is 3.77. The Kier molecular flexibility index (Phi) is 5.12. The van der Waals surface area contributed by atoms with Crippen LogP contribution in [0.4, 0.5) is 5.69 Å². The van der Waals surface area contributed by atoms with Crippen LogP contribution in [-0.4, -0.2) is 5.91 Å². The summed E-state index contributed by atoms with van der Waals surface area (Å²) in [5.74, 6) is -0.427. The molecule has 3 nitrogen and oxygen atoms in total. The lowest BCUT2D eigenvalue weighted by Gasteiger charge is -2.05. The van der Waals surface area contributed by atoms with Gasteiger partial charge in [0.2, 0.25) is 0 Å². The van der Waals surface area contributed by atoms with Gasteiger partial charge in [-0.15, -0.1) is 11.3 Å². The zero-order chi connectivity index (χ0) is 14.5. The highest BCUT2D eigenvalue weighted by Gasteiger charge is 2.11. The van der Waals surface area contributed by atoms with Crippen molar-refractivity contribution in [1.29, 1.82) is 5.26 Å². The van der Waals surface area contributed by atoms with Crippen molar-refractivity contribution >= 4 is 60.9 Å². The van der Waals surface area contributed by atoms with Gasteiger partial charge in [0.15, 0.2) is 0 Å². The highest BCUT2D eigenvalue weighted by Crippen LogP contribution is 2.24. The highest BCUT2D eigenvalue weighted by molar-refractivity contribution is 9.10. The number of hydrogen-bond acceptors (Lipinski definition) is 3.